The van der Waals surface area contributed by atoms with Crippen LogP contribution >= 0.6 is 12.2 Å². The van der Waals surface area contributed by atoms with Crippen molar-refractivity contribution in [1.82, 2.24) is 4.98 Å². The molecular weight excluding hydrogens is 254 g/mol. The van der Waals surface area contributed by atoms with Gasteiger partial charge in [0.1, 0.15) is 10.8 Å². The number of anilines is 1. The topological polar surface area (TPSA) is 68.0 Å². The van der Waals surface area contributed by atoms with E-state index in [1.165, 1.54) is 0 Å². The van der Waals surface area contributed by atoms with Crippen molar-refractivity contribution in [1.29, 1.82) is 0 Å². The lowest BCUT2D eigenvalue weighted by Gasteiger charge is -2.13. The molecule has 0 aromatic carbocycles. The van der Waals surface area contributed by atoms with Gasteiger partial charge in [0.2, 0.25) is 0 Å². The fourth-order valence-electron chi connectivity index (χ4n) is 1.29. The van der Waals surface area contributed by atoms with Crippen molar-refractivity contribution in [3.05, 3.63) is 23.9 Å². The Balaban J connectivity index is 2.51. The van der Waals surface area contributed by atoms with Crippen molar-refractivity contribution < 1.29 is 4.21 Å². The summed E-state index contributed by atoms with van der Waals surface area (Å²) in [5, 5.41) is 3.23. The van der Waals surface area contributed by atoms with Crippen LogP contribution in [-0.2, 0) is 10.8 Å². The fourth-order valence-corrected chi connectivity index (χ4v) is 2.10. The minimum Gasteiger partial charge on any atom is -0.389 e. The van der Waals surface area contributed by atoms with Crippen LogP contribution in [0.15, 0.2) is 18.3 Å². The number of nitrogens with zero attached hydrogens (tertiary/aromatic N) is 1. The maximum absolute atomic E-state index is 11.0. The van der Waals surface area contributed by atoms with E-state index in [2.05, 4.69) is 10.3 Å². The summed E-state index contributed by atoms with van der Waals surface area (Å²) in [5.74, 6) is 1.47. The molecule has 1 aromatic heterocycles. The molecule has 0 fully saturated rings. The third-order valence-electron chi connectivity index (χ3n) is 2.28. The molecular formula is C11H17N3OS2. The highest BCUT2D eigenvalue weighted by Gasteiger charge is 2.04. The molecule has 1 aromatic rings. The number of nitrogens with one attached hydrogen (secondary N) is 1. The molecule has 2 unspecified atom stereocenters. The van der Waals surface area contributed by atoms with Gasteiger partial charge in [0.15, 0.2) is 0 Å². The summed E-state index contributed by atoms with van der Waals surface area (Å²) >= 11 is 4.85. The van der Waals surface area contributed by atoms with Crippen LogP contribution in [0.1, 0.15) is 18.9 Å². The molecule has 17 heavy (non-hydrogen) atoms. The molecule has 0 saturated carbocycles. The number of thiocarbonyl (C=S) groups is 1. The Labute approximate surface area is 109 Å². The first kappa shape index (κ1) is 14.1. The van der Waals surface area contributed by atoms with Crippen LogP contribution in [0.2, 0.25) is 0 Å². The lowest BCUT2D eigenvalue weighted by molar-refractivity contribution is 0.678. The number of pyridine rings is 1. The monoisotopic (exact) mass is 271 g/mol. The third-order valence-corrected chi connectivity index (χ3v) is 3.33. The zero-order valence-corrected chi connectivity index (χ0v) is 11.6. The first-order chi connectivity index (χ1) is 7.99. The summed E-state index contributed by atoms with van der Waals surface area (Å²) in [4.78, 5) is 4.56. The molecule has 1 heterocycles. The maximum Gasteiger partial charge on any atom is 0.126 e. The van der Waals surface area contributed by atoms with E-state index in [1.54, 1.807) is 12.5 Å². The van der Waals surface area contributed by atoms with Crippen LogP contribution < -0.4 is 11.1 Å². The first-order valence-electron chi connectivity index (χ1n) is 5.31. The highest BCUT2D eigenvalue weighted by Crippen LogP contribution is 2.08. The van der Waals surface area contributed by atoms with E-state index in [4.69, 9.17) is 18.0 Å². The van der Waals surface area contributed by atoms with Crippen molar-refractivity contribution in [3.8, 4) is 0 Å². The largest absolute Gasteiger partial charge is 0.389 e. The van der Waals surface area contributed by atoms with Gasteiger partial charge < -0.3 is 11.1 Å². The van der Waals surface area contributed by atoms with E-state index < -0.39 is 10.8 Å². The summed E-state index contributed by atoms with van der Waals surface area (Å²) < 4.78 is 11.0. The molecule has 0 aliphatic carbocycles. The molecule has 0 bridgehead atoms. The molecule has 1 rings (SSSR count). The van der Waals surface area contributed by atoms with Crippen molar-refractivity contribution in [3.63, 3.8) is 0 Å². The van der Waals surface area contributed by atoms with Crippen LogP contribution in [0.25, 0.3) is 0 Å². The van der Waals surface area contributed by atoms with E-state index in [9.17, 15) is 4.21 Å². The normalized spacial score (nSPS) is 14.0. The molecule has 2 atom stereocenters. The van der Waals surface area contributed by atoms with Crippen LogP contribution in [0, 0.1) is 0 Å². The van der Waals surface area contributed by atoms with E-state index >= 15 is 0 Å². The predicted octanol–water partition coefficient (Wildman–Crippen LogP) is 1.28. The van der Waals surface area contributed by atoms with Crippen LogP contribution in [0.5, 0.6) is 0 Å². The van der Waals surface area contributed by atoms with E-state index in [-0.39, 0.29) is 6.04 Å². The highest BCUT2D eigenvalue weighted by atomic mass is 32.2. The molecule has 3 N–H and O–H groups in total. The zero-order valence-electron chi connectivity index (χ0n) is 9.97. The van der Waals surface area contributed by atoms with Gasteiger partial charge in [-0.1, -0.05) is 12.2 Å². The Morgan fingerprint density at radius 3 is 2.82 bits per heavy atom. The van der Waals surface area contributed by atoms with Crippen LogP contribution in [0.4, 0.5) is 5.82 Å². The number of rotatable bonds is 6. The summed E-state index contributed by atoms with van der Waals surface area (Å²) in [6, 6.07) is 3.91. The van der Waals surface area contributed by atoms with Gasteiger partial charge in [-0.2, -0.15) is 0 Å². The second-order valence-electron chi connectivity index (χ2n) is 3.91. The van der Waals surface area contributed by atoms with E-state index in [1.807, 2.05) is 19.1 Å². The Bertz CT molecular complexity index is 406. The van der Waals surface area contributed by atoms with Gasteiger partial charge in [-0.3, -0.25) is 4.21 Å². The Morgan fingerprint density at radius 1 is 1.65 bits per heavy atom. The van der Waals surface area contributed by atoms with Gasteiger partial charge in [0.05, 0.1) is 0 Å². The van der Waals surface area contributed by atoms with Crippen molar-refractivity contribution in [2.24, 2.45) is 5.73 Å². The number of hydrogen-bond donors (Lipinski definition) is 2. The van der Waals surface area contributed by atoms with E-state index in [0.29, 0.717) is 10.7 Å². The van der Waals surface area contributed by atoms with Crippen molar-refractivity contribution in [2.45, 2.75) is 19.4 Å². The predicted molar refractivity (Wildman–Crippen MR) is 76.8 cm³/mol. The quantitative estimate of drug-likeness (QED) is 0.763. The molecule has 94 valence electrons. The fraction of sp³-hybridized carbons (Fsp3) is 0.455. The zero-order chi connectivity index (χ0) is 12.8. The molecule has 0 aliphatic heterocycles. The Hall–Kier alpha value is -1.01. The van der Waals surface area contributed by atoms with Crippen molar-refractivity contribution >= 4 is 33.8 Å². The number of aromatic nitrogens is 1. The summed E-state index contributed by atoms with van der Waals surface area (Å²) in [6.07, 6.45) is 4.21. The summed E-state index contributed by atoms with van der Waals surface area (Å²) in [6.45, 7) is 2.04. The average molecular weight is 271 g/mol. The molecule has 0 saturated heterocycles. The summed E-state index contributed by atoms with van der Waals surface area (Å²) in [7, 11) is -0.748. The second kappa shape index (κ2) is 6.66. The molecule has 0 aliphatic rings. The van der Waals surface area contributed by atoms with Crippen molar-refractivity contribution in [2.75, 3.05) is 17.3 Å². The minimum absolute atomic E-state index is 0.238. The van der Waals surface area contributed by atoms with Gasteiger partial charge in [0.25, 0.3) is 0 Å². The van der Waals surface area contributed by atoms with Gasteiger partial charge >= 0.3 is 0 Å². The van der Waals surface area contributed by atoms with Crippen LogP contribution in [0.3, 0.4) is 0 Å². The SMILES string of the molecule is CC(CCS(C)=O)Nc1ccc(C(N)=S)cn1. The standard InChI is InChI=1S/C11H17N3OS2/c1-8(5-6-17(2)15)14-10-4-3-9(7-13-10)11(12)16/h3-4,7-8H,5-6H2,1-2H3,(H2,12,16)(H,13,14). The Morgan fingerprint density at radius 2 is 2.35 bits per heavy atom. The van der Waals surface area contributed by atoms with Gasteiger partial charge in [-0.25, -0.2) is 4.98 Å². The van der Waals surface area contributed by atoms with E-state index in [0.717, 1.165) is 17.8 Å². The molecule has 0 spiro atoms. The van der Waals surface area contributed by atoms with Crippen LogP contribution in [-0.4, -0.2) is 32.2 Å². The van der Waals surface area contributed by atoms with Gasteiger partial charge in [0, 0.05) is 40.6 Å². The average Bonchev–Trinajstić information content (AvgIpc) is 2.27. The Kier molecular flexibility index (Phi) is 5.50. The maximum atomic E-state index is 11.0. The molecule has 4 nitrogen and oxygen atoms in total. The number of nitrogens with two attached hydrogens (primary N) is 1. The number of hydrogen-bond acceptors (Lipinski definition) is 4. The highest BCUT2D eigenvalue weighted by molar-refractivity contribution is 7.84. The third kappa shape index (κ3) is 5.23. The van der Waals surface area contributed by atoms with Gasteiger partial charge in [-0.15, -0.1) is 0 Å². The van der Waals surface area contributed by atoms with Gasteiger partial charge in [-0.05, 0) is 25.5 Å². The smallest absolute Gasteiger partial charge is 0.126 e. The second-order valence-corrected chi connectivity index (χ2v) is 5.90. The molecule has 6 heteroatoms. The minimum atomic E-state index is -0.748. The lowest BCUT2D eigenvalue weighted by atomic mass is 10.2. The lowest BCUT2D eigenvalue weighted by Crippen LogP contribution is -2.19. The molecule has 0 radical (unpaired) electrons. The molecule has 0 amide bonds. The summed E-state index contributed by atoms with van der Waals surface area (Å²) in [5.41, 5.74) is 6.24. The first-order valence-corrected chi connectivity index (χ1v) is 7.45.